The molecule has 8 nitrogen and oxygen atoms in total. The highest BCUT2D eigenvalue weighted by molar-refractivity contribution is 6.13. The molecule has 0 aliphatic carbocycles. The zero-order valence-electron chi connectivity index (χ0n) is 17.2. The number of carbonyl (C=O) groups is 2. The van der Waals surface area contributed by atoms with Gasteiger partial charge in [0, 0.05) is 7.11 Å². The molecule has 0 atom stereocenters. The number of benzene rings is 2. The minimum Gasteiger partial charge on any atom is -0.378 e. The Balaban J connectivity index is 1.68. The summed E-state index contributed by atoms with van der Waals surface area (Å²) in [4.78, 5) is 39.5. The molecule has 31 heavy (non-hydrogen) atoms. The van der Waals surface area contributed by atoms with Gasteiger partial charge >= 0.3 is 6.03 Å². The number of para-hydroxylation sites is 1. The van der Waals surface area contributed by atoms with Crippen molar-refractivity contribution in [2.45, 2.75) is 20.1 Å². The number of rotatable bonds is 6. The van der Waals surface area contributed by atoms with Crippen LogP contribution < -0.4 is 10.9 Å². The molecule has 1 aliphatic heterocycles. The van der Waals surface area contributed by atoms with Crippen LogP contribution in [-0.2, 0) is 22.7 Å². The average molecular weight is 418 g/mol. The minimum absolute atomic E-state index is 0.0475. The van der Waals surface area contributed by atoms with Gasteiger partial charge in [-0.05, 0) is 30.7 Å². The normalized spacial score (nSPS) is 15.0. The van der Waals surface area contributed by atoms with Gasteiger partial charge in [-0.15, -0.1) is 0 Å². The molecule has 0 unspecified atom stereocenters. The highest BCUT2D eigenvalue weighted by Gasteiger charge is 2.34. The van der Waals surface area contributed by atoms with E-state index < -0.39 is 11.9 Å². The van der Waals surface area contributed by atoms with Gasteiger partial charge in [-0.3, -0.25) is 19.6 Å². The highest BCUT2D eigenvalue weighted by Crippen LogP contribution is 2.18. The third-order valence-electron chi connectivity index (χ3n) is 4.98. The van der Waals surface area contributed by atoms with Crippen molar-refractivity contribution >= 4 is 18.0 Å². The Bertz CT molecular complexity index is 1220. The van der Waals surface area contributed by atoms with Crippen LogP contribution in [0.3, 0.4) is 0 Å². The maximum Gasteiger partial charge on any atom is 0.329 e. The van der Waals surface area contributed by atoms with Gasteiger partial charge in [0.05, 0.1) is 30.1 Å². The molecular weight excluding hydrogens is 396 g/mol. The van der Waals surface area contributed by atoms with Crippen LogP contribution in [-0.4, -0.2) is 33.7 Å². The second kappa shape index (κ2) is 8.45. The first kappa shape index (κ1) is 20.4. The monoisotopic (exact) mass is 418 g/mol. The maximum absolute atomic E-state index is 13.0. The number of ether oxygens (including phenoxy) is 1. The maximum atomic E-state index is 13.0. The first-order valence-electron chi connectivity index (χ1n) is 9.76. The van der Waals surface area contributed by atoms with E-state index in [1.165, 1.54) is 17.9 Å². The number of aromatic amines is 1. The zero-order chi connectivity index (χ0) is 22.0. The lowest BCUT2D eigenvalue weighted by atomic mass is 10.1. The van der Waals surface area contributed by atoms with Gasteiger partial charge in [-0.25, -0.2) is 9.48 Å². The predicted molar refractivity (Wildman–Crippen MR) is 115 cm³/mol. The Morgan fingerprint density at radius 1 is 1.03 bits per heavy atom. The molecule has 4 rings (SSSR count). The summed E-state index contributed by atoms with van der Waals surface area (Å²) in [6, 6.07) is 16.2. The number of aromatic nitrogens is 2. The number of aryl methyl sites for hydroxylation is 1. The van der Waals surface area contributed by atoms with Gasteiger partial charge in [0.15, 0.2) is 0 Å². The Kier molecular flexibility index (Phi) is 5.55. The average Bonchev–Trinajstić information content (AvgIpc) is 3.20. The summed E-state index contributed by atoms with van der Waals surface area (Å²) in [7, 11) is 1.52. The summed E-state index contributed by atoms with van der Waals surface area (Å²) in [5.74, 6) is -0.485. The molecule has 0 saturated carbocycles. The highest BCUT2D eigenvalue weighted by atomic mass is 16.5. The number of H-pyrrole nitrogens is 1. The second-order valence-corrected chi connectivity index (χ2v) is 7.28. The molecule has 8 heteroatoms. The topological polar surface area (TPSA) is 96.4 Å². The number of carbonyl (C=O) groups excluding carboxylic acids is 2. The zero-order valence-corrected chi connectivity index (χ0v) is 17.2. The smallest absolute Gasteiger partial charge is 0.329 e. The molecular formula is C23H22N4O4. The van der Waals surface area contributed by atoms with Crippen LogP contribution in [0.2, 0.25) is 0 Å². The molecule has 0 spiro atoms. The van der Waals surface area contributed by atoms with E-state index in [1.807, 2.05) is 49.4 Å². The van der Waals surface area contributed by atoms with Gasteiger partial charge in [-0.1, -0.05) is 48.0 Å². The number of nitrogens with zero attached hydrogens (tertiary/aromatic N) is 2. The SMILES string of the molecule is COCc1[nH]n(-c2ccccc2)c(=O)c1/C=C1\NC(=O)N(Cc2cccc(C)c2)C1=O. The Labute approximate surface area is 178 Å². The van der Waals surface area contributed by atoms with Crippen molar-refractivity contribution in [1.29, 1.82) is 0 Å². The number of nitrogens with one attached hydrogen (secondary N) is 2. The molecule has 158 valence electrons. The van der Waals surface area contributed by atoms with Gasteiger partial charge in [0.2, 0.25) is 0 Å². The Hall–Kier alpha value is -3.91. The van der Waals surface area contributed by atoms with E-state index in [2.05, 4.69) is 10.4 Å². The van der Waals surface area contributed by atoms with E-state index in [9.17, 15) is 14.4 Å². The van der Waals surface area contributed by atoms with E-state index in [0.717, 1.165) is 16.0 Å². The minimum atomic E-state index is -0.523. The van der Waals surface area contributed by atoms with Crippen molar-refractivity contribution in [3.8, 4) is 5.69 Å². The summed E-state index contributed by atoms with van der Waals surface area (Å²) in [5.41, 5.74) is 3.00. The van der Waals surface area contributed by atoms with Crippen molar-refractivity contribution in [1.82, 2.24) is 20.0 Å². The lowest BCUT2D eigenvalue weighted by Gasteiger charge is -2.12. The fourth-order valence-corrected chi connectivity index (χ4v) is 3.51. The van der Waals surface area contributed by atoms with Gasteiger partial charge in [0.1, 0.15) is 5.70 Å². The third kappa shape index (κ3) is 4.06. The predicted octanol–water partition coefficient (Wildman–Crippen LogP) is 2.71. The molecule has 2 N–H and O–H groups in total. The molecule has 2 heterocycles. The van der Waals surface area contributed by atoms with Crippen LogP contribution in [0, 0.1) is 6.92 Å². The standard InChI is InChI=1S/C23H22N4O4/c1-15-7-6-8-16(11-15)13-26-22(29)19(24-23(26)30)12-18-20(14-31-2)25-27(21(18)28)17-9-4-3-5-10-17/h3-12,25H,13-14H2,1-2H3,(H,24,30)/b19-12-. The molecule has 1 saturated heterocycles. The van der Waals surface area contributed by atoms with Gasteiger partial charge in [0.25, 0.3) is 11.5 Å². The molecule has 1 aromatic heterocycles. The van der Waals surface area contributed by atoms with E-state index in [1.54, 1.807) is 12.1 Å². The van der Waals surface area contributed by atoms with Crippen molar-refractivity contribution in [2.75, 3.05) is 7.11 Å². The molecule has 1 aliphatic rings. The van der Waals surface area contributed by atoms with Gasteiger partial charge < -0.3 is 10.1 Å². The van der Waals surface area contributed by atoms with E-state index in [4.69, 9.17) is 4.74 Å². The quantitative estimate of drug-likeness (QED) is 0.475. The summed E-state index contributed by atoms with van der Waals surface area (Å²) < 4.78 is 6.58. The third-order valence-corrected chi connectivity index (χ3v) is 4.98. The van der Waals surface area contributed by atoms with Crippen LogP contribution >= 0.6 is 0 Å². The van der Waals surface area contributed by atoms with Crippen LogP contribution in [0.4, 0.5) is 4.79 Å². The lowest BCUT2D eigenvalue weighted by Crippen LogP contribution is -2.30. The number of imide groups is 1. The summed E-state index contributed by atoms with van der Waals surface area (Å²) in [6.45, 7) is 2.24. The van der Waals surface area contributed by atoms with Crippen molar-refractivity contribution in [3.63, 3.8) is 0 Å². The van der Waals surface area contributed by atoms with Crippen LogP contribution in [0.25, 0.3) is 11.8 Å². The fraction of sp³-hybridized carbons (Fsp3) is 0.174. The van der Waals surface area contributed by atoms with E-state index in [0.29, 0.717) is 11.4 Å². The number of methoxy groups -OCH3 is 1. The molecule has 0 radical (unpaired) electrons. The molecule has 2 aromatic carbocycles. The van der Waals surface area contributed by atoms with Crippen LogP contribution in [0.5, 0.6) is 0 Å². The number of urea groups is 1. The first-order chi connectivity index (χ1) is 15.0. The summed E-state index contributed by atoms with van der Waals surface area (Å²) in [6.07, 6.45) is 1.41. The fourth-order valence-electron chi connectivity index (χ4n) is 3.51. The van der Waals surface area contributed by atoms with E-state index in [-0.39, 0.29) is 30.0 Å². The number of amides is 3. The summed E-state index contributed by atoms with van der Waals surface area (Å²) in [5, 5.41) is 5.60. The molecule has 3 amide bonds. The second-order valence-electron chi connectivity index (χ2n) is 7.28. The number of hydrogen-bond donors (Lipinski definition) is 2. The number of hydrogen-bond acceptors (Lipinski definition) is 4. The largest absolute Gasteiger partial charge is 0.378 e. The lowest BCUT2D eigenvalue weighted by molar-refractivity contribution is -0.123. The molecule has 0 bridgehead atoms. The van der Waals surface area contributed by atoms with E-state index >= 15 is 0 Å². The van der Waals surface area contributed by atoms with Crippen LogP contribution in [0.1, 0.15) is 22.4 Å². The van der Waals surface area contributed by atoms with Gasteiger partial charge in [-0.2, -0.15) is 0 Å². The molecule has 3 aromatic rings. The van der Waals surface area contributed by atoms with Crippen LogP contribution in [0.15, 0.2) is 65.1 Å². The first-order valence-corrected chi connectivity index (χ1v) is 9.76. The molecule has 1 fully saturated rings. The van der Waals surface area contributed by atoms with Crippen molar-refractivity contribution in [2.24, 2.45) is 0 Å². The summed E-state index contributed by atoms with van der Waals surface area (Å²) >= 11 is 0. The Morgan fingerprint density at radius 2 is 1.81 bits per heavy atom. The van der Waals surface area contributed by atoms with Crippen molar-refractivity contribution < 1.29 is 14.3 Å². The Morgan fingerprint density at radius 3 is 2.52 bits per heavy atom. The van der Waals surface area contributed by atoms with Crippen molar-refractivity contribution in [3.05, 3.63) is 93.0 Å².